The molecule has 3 amide bonds. The van der Waals surface area contributed by atoms with Crippen LogP contribution in [0.25, 0.3) is 0 Å². The van der Waals surface area contributed by atoms with Gasteiger partial charge in [0.1, 0.15) is 0 Å². The highest BCUT2D eigenvalue weighted by Crippen LogP contribution is 2.14. The molecule has 6 nitrogen and oxygen atoms in total. The highest BCUT2D eigenvalue weighted by atomic mass is 16.2. The Bertz CT molecular complexity index is 510. The molecule has 100 valence electrons. The van der Waals surface area contributed by atoms with Crippen molar-refractivity contribution in [3.05, 3.63) is 29.8 Å². The van der Waals surface area contributed by atoms with E-state index in [-0.39, 0.29) is 30.6 Å². The molecule has 2 rings (SSSR count). The average Bonchev–Trinajstić information content (AvgIpc) is 2.78. The van der Waals surface area contributed by atoms with Crippen LogP contribution in [0.5, 0.6) is 0 Å². The van der Waals surface area contributed by atoms with Crippen molar-refractivity contribution in [3.63, 3.8) is 0 Å². The van der Waals surface area contributed by atoms with E-state index in [1.807, 2.05) is 0 Å². The first-order chi connectivity index (χ1) is 9.04. The zero-order valence-corrected chi connectivity index (χ0v) is 10.3. The summed E-state index contributed by atoms with van der Waals surface area (Å²) >= 11 is 0. The number of carbonyl (C=O) groups is 3. The first-order valence-electron chi connectivity index (χ1n) is 5.99. The van der Waals surface area contributed by atoms with Gasteiger partial charge in [0.2, 0.25) is 17.7 Å². The van der Waals surface area contributed by atoms with Gasteiger partial charge in [-0.15, -0.1) is 0 Å². The van der Waals surface area contributed by atoms with Gasteiger partial charge in [0.05, 0.1) is 12.3 Å². The lowest BCUT2D eigenvalue weighted by molar-refractivity contribution is -0.123. The minimum atomic E-state index is -0.396. The van der Waals surface area contributed by atoms with Crippen molar-refractivity contribution in [2.24, 2.45) is 11.7 Å². The van der Waals surface area contributed by atoms with E-state index >= 15 is 0 Å². The van der Waals surface area contributed by atoms with Crippen molar-refractivity contribution in [3.8, 4) is 0 Å². The Hall–Kier alpha value is -2.37. The molecule has 4 N–H and O–H groups in total. The summed E-state index contributed by atoms with van der Waals surface area (Å²) in [5.41, 5.74) is 6.52. The summed E-state index contributed by atoms with van der Waals surface area (Å²) in [6.07, 6.45) is 0.404. The van der Waals surface area contributed by atoms with Crippen molar-refractivity contribution < 1.29 is 14.4 Å². The predicted octanol–water partition coefficient (Wildman–Crippen LogP) is -0.211. The Kier molecular flexibility index (Phi) is 3.79. The van der Waals surface area contributed by atoms with Crippen LogP contribution < -0.4 is 16.4 Å². The summed E-state index contributed by atoms with van der Waals surface area (Å²) in [5, 5.41) is 5.35. The molecule has 1 aromatic carbocycles. The second-order valence-corrected chi connectivity index (χ2v) is 4.53. The van der Waals surface area contributed by atoms with E-state index in [0.717, 1.165) is 5.56 Å². The van der Waals surface area contributed by atoms with Crippen LogP contribution in [0, 0.1) is 5.92 Å². The summed E-state index contributed by atoms with van der Waals surface area (Å²) in [7, 11) is 0. The number of nitrogens with one attached hydrogen (secondary N) is 2. The van der Waals surface area contributed by atoms with Crippen molar-refractivity contribution in [1.29, 1.82) is 0 Å². The van der Waals surface area contributed by atoms with Crippen molar-refractivity contribution >= 4 is 23.4 Å². The van der Waals surface area contributed by atoms with Crippen LogP contribution in [-0.4, -0.2) is 24.3 Å². The largest absolute Gasteiger partial charge is 0.369 e. The Morgan fingerprint density at radius 3 is 2.53 bits per heavy atom. The predicted molar refractivity (Wildman–Crippen MR) is 69.1 cm³/mol. The summed E-state index contributed by atoms with van der Waals surface area (Å²) in [5.74, 6) is -0.997. The quantitative estimate of drug-likeness (QED) is 0.699. The molecule has 0 radical (unpaired) electrons. The summed E-state index contributed by atoms with van der Waals surface area (Å²) < 4.78 is 0. The molecule has 1 atom stereocenters. The topological polar surface area (TPSA) is 101 Å². The fraction of sp³-hybridized carbons (Fsp3) is 0.308. The van der Waals surface area contributed by atoms with Crippen LogP contribution in [0.3, 0.4) is 0 Å². The fourth-order valence-corrected chi connectivity index (χ4v) is 1.94. The maximum atomic E-state index is 11.8. The number of primary amides is 1. The maximum absolute atomic E-state index is 11.8. The van der Waals surface area contributed by atoms with Gasteiger partial charge < -0.3 is 16.4 Å². The van der Waals surface area contributed by atoms with Crippen LogP contribution in [0.15, 0.2) is 24.3 Å². The summed E-state index contributed by atoms with van der Waals surface area (Å²) in [4.78, 5) is 33.6. The Morgan fingerprint density at radius 2 is 2.00 bits per heavy atom. The molecule has 0 bridgehead atoms. The molecule has 1 aliphatic heterocycles. The molecule has 1 saturated heterocycles. The monoisotopic (exact) mass is 261 g/mol. The molecular formula is C13H15N3O3. The molecule has 0 aliphatic carbocycles. The number of anilines is 1. The lowest BCUT2D eigenvalue weighted by Crippen LogP contribution is -2.24. The second-order valence-electron chi connectivity index (χ2n) is 4.53. The highest BCUT2D eigenvalue weighted by Gasteiger charge is 2.27. The SMILES string of the molecule is NC(=O)Cc1ccc(NC(=O)C2CNC(=O)C2)cc1. The minimum Gasteiger partial charge on any atom is -0.369 e. The first-order valence-corrected chi connectivity index (χ1v) is 5.99. The molecule has 0 aromatic heterocycles. The first kappa shape index (κ1) is 13.1. The zero-order valence-electron chi connectivity index (χ0n) is 10.3. The van der Waals surface area contributed by atoms with Crippen LogP contribution in [0.4, 0.5) is 5.69 Å². The smallest absolute Gasteiger partial charge is 0.229 e. The molecule has 0 saturated carbocycles. The van der Waals surface area contributed by atoms with Crippen molar-refractivity contribution in [2.75, 3.05) is 11.9 Å². The van der Waals surface area contributed by atoms with Crippen LogP contribution >= 0.6 is 0 Å². The zero-order chi connectivity index (χ0) is 13.8. The Balaban J connectivity index is 1.94. The molecule has 1 heterocycles. The third kappa shape index (κ3) is 3.54. The van der Waals surface area contributed by atoms with Crippen molar-refractivity contribution in [2.45, 2.75) is 12.8 Å². The number of amides is 3. The van der Waals surface area contributed by atoms with E-state index < -0.39 is 5.91 Å². The van der Waals surface area contributed by atoms with Crippen LogP contribution in [0.2, 0.25) is 0 Å². The number of benzene rings is 1. The van der Waals surface area contributed by atoms with E-state index in [0.29, 0.717) is 12.2 Å². The average molecular weight is 261 g/mol. The van der Waals surface area contributed by atoms with E-state index in [1.165, 1.54) is 0 Å². The number of nitrogens with two attached hydrogens (primary N) is 1. The number of rotatable bonds is 4. The van der Waals surface area contributed by atoms with E-state index in [4.69, 9.17) is 5.73 Å². The lowest BCUT2D eigenvalue weighted by atomic mass is 10.1. The third-order valence-corrected chi connectivity index (χ3v) is 2.95. The van der Waals surface area contributed by atoms with E-state index in [9.17, 15) is 14.4 Å². The molecule has 1 fully saturated rings. The molecular weight excluding hydrogens is 246 g/mol. The van der Waals surface area contributed by atoms with Gasteiger partial charge in [-0.25, -0.2) is 0 Å². The summed E-state index contributed by atoms with van der Waals surface area (Å²) in [6.45, 7) is 0.379. The number of hydrogen-bond acceptors (Lipinski definition) is 3. The van der Waals surface area contributed by atoms with Gasteiger partial charge in [0.25, 0.3) is 0 Å². The number of hydrogen-bond donors (Lipinski definition) is 3. The molecule has 0 spiro atoms. The van der Waals surface area contributed by atoms with Gasteiger partial charge in [-0.3, -0.25) is 14.4 Å². The normalized spacial score (nSPS) is 17.9. The number of carbonyl (C=O) groups excluding carboxylic acids is 3. The van der Waals surface area contributed by atoms with Gasteiger partial charge in [-0.05, 0) is 17.7 Å². The Labute approximate surface area is 110 Å². The molecule has 1 aliphatic rings. The van der Waals surface area contributed by atoms with Gasteiger partial charge in [-0.2, -0.15) is 0 Å². The van der Waals surface area contributed by atoms with E-state index in [1.54, 1.807) is 24.3 Å². The summed E-state index contributed by atoms with van der Waals surface area (Å²) in [6, 6.07) is 6.89. The van der Waals surface area contributed by atoms with E-state index in [2.05, 4.69) is 10.6 Å². The van der Waals surface area contributed by atoms with Gasteiger partial charge in [0.15, 0.2) is 0 Å². The maximum Gasteiger partial charge on any atom is 0.229 e. The van der Waals surface area contributed by atoms with Gasteiger partial charge in [0, 0.05) is 18.7 Å². The Morgan fingerprint density at radius 1 is 1.32 bits per heavy atom. The van der Waals surface area contributed by atoms with Gasteiger partial charge >= 0.3 is 0 Å². The molecule has 19 heavy (non-hydrogen) atoms. The highest BCUT2D eigenvalue weighted by molar-refractivity contribution is 5.97. The van der Waals surface area contributed by atoms with Gasteiger partial charge in [-0.1, -0.05) is 12.1 Å². The molecule has 6 heteroatoms. The van der Waals surface area contributed by atoms with Crippen molar-refractivity contribution in [1.82, 2.24) is 5.32 Å². The van der Waals surface area contributed by atoms with Crippen LogP contribution in [-0.2, 0) is 20.8 Å². The third-order valence-electron chi connectivity index (χ3n) is 2.95. The molecule has 1 aromatic rings. The minimum absolute atomic E-state index is 0.100. The standard InChI is InChI=1S/C13H15N3O3/c14-11(17)5-8-1-3-10(4-2-8)16-13(19)9-6-12(18)15-7-9/h1-4,9H,5-7H2,(H2,14,17)(H,15,18)(H,16,19). The molecule has 1 unspecified atom stereocenters. The van der Waals surface area contributed by atoms with Crippen LogP contribution in [0.1, 0.15) is 12.0 Å². The lowest BCUT2D eigenvalue weighted by Gasteiger charge is -2.09. The fourth-order valence-electron chi connectivity index (χ4n) is 1.94. The second kappa shape index (κ2) is 5.51.